The number of carbonyl (C=O) groups excluding carboxylic acids is 1. The van der Waals surface area contributed by atoms with Crippen LogP contribution in [-0.2, 0) is 11.2 Å². The van der Waals surface area contributed by atoms with Crippen LogP contribution in [-0.4, -0.2) is 43.2 Å². The summed E-state index contributed by atoms with van der Waals surface area (Å²) >= 11 is 6.26. The van der Waals surface area contributed by atoms with Crippen LogP contribution in [0.15, 0.2) is 47.0 Å². The Labute approximate surface area is 181 Å². The molecule has 3 rings (SSSR count). The van der Waals surface area contributed by atoms with Gasteiger partial charge in [-0.25, -0.2) is 9.97 Å². The van der Waals surface area contributed by atoms with Crippen LogP contribution < -0.4 is 10.2 Å². The second kappa shape index (κ2) is 10.2. The van der Waals surface area contributed by atoms with Crippen molar-refractivity contribution in [2.75, 3.05) is 37.5 Å². The van der Waals surface area contributed by atoms with Gasteiger partial charge in [-0.3, -0.25) is 4.79 Å². The second-order valence-corrected chi connectivity index (χ2v) is 7.21. The lowest BCUT2D eigenvalue weighted by Crippen LogP contribution is -2.23. The monoisotopic (exact) mass is 428 g/mol. The Morgan fingerprint density at radius 2 is 2.07 bits per heavy atom. The zero-order chi connectivity index (χ0) is 21.5. The first-order chi connectivity index (χ1) is 14.5. The molecule has 0 unspecified atom stereocenters. The molecule has 1 aromatic carbocycles. The fraction of sp³-hybridized carbons (Fsp3) is 0.318. The third kappa shape index (κ3) is 5.17. The van der Waals surface area contributed by atoms with Crippen molar-refractivity contribution in [2.24, 2.45) is 0 Å². The third-order valence-corrected chi connectivity index (χ3v) is 4.85. The van der Waals surface area contributed by atoms with Gasteiger partial charge in [0.25, 0.3) is 5.91 Å². The van der Waals surface area contributed by atoms with Crippen LogP contribution in [0.2, 0.25) is 5.02 Å². The molecule has 3 aromatic rings. The van der Waals surface area contributed by atoms with Gasteiger partial charge < -0.3 is 19.4 Å². The van der Waals surface area contributed by atoms with E-state index in [1.165, 1.54) is 0 Å². The largest absolute Gasteiger partial charge is 0.431 e. The van der Waals surface area contributed by atoms with E-state index in [1.807, 2.05) is 43.1 Å². The van der Waals surface area contributed by atoms with E-state index in [1.54, 1.807) is 25.4 Å². The number of methoxy groups -OCH3 is 1. The number of aromatic nitrogens is 2. The lowest BCUT2D eigenvalue weighted by molar-refractivity contribution is 0.0996. The van der Waals surface area contributed by atoms with Crippen LogP contribution >= 0.6 is 11.6 Å². The van der Waals surface area contributed by atoms with Gasteiger partial charge in [0.05, 0.1) is 34.8 Å². The summed E-state index contributed by atoms with van der Waals surface area (Å²) in [4.78, 5) is 23.7. The number of halogens is 1. The Hall–Kier alpha value is -2.90. The fourth-order valence-electron chi connectivity index (χ4n) is 2.90. The van der Waals surface area contributed by atoms with Crippen LogP contribution in [0.1, 0.15) is 29.6 Å². The van der Waals surface area contributed by atoms with E-state index in [9.17, 15) is 4.79 Å². The van der Waals surface area contributed by atoms with Gasteiger partial charge in [-0.2, -0.15) is 0 Å². The van der Waals surface area contributed by atoms with Crippen molar-refractivity contribution in [1.82, 2.24) is 9.97 Å². The van der Waals surface area contributed by atoms with Gasteiger partial charge in [0.2, 0.25) is 11.7 Å². The molecule has 0 aliphatic rings. The number of carbonyl (C=O) groups is 1. The van der Waals surface area contributed by atoms with E-state index in [-0.39, 0.29) is 11.7 Å². The van der Waals surface area contributed by atoms with Gasteiger partial charge in [-0.05, 0) is 30.7 Å². The first kappa shape index (κ1) is 21.8. The number of anilines is 2. The molecule has 0 saturated heterocycles. The molecule has 2 aromatic heterocycles. The minimum absolute atomic E-state index is 0.188. The highest BCUT2D eigenvalue weighted by Gasteiger charge is 2.22. The first-order valence-electron chi connectivity index (χ1n) is 9.75. The van der Waals surface area contributed by atoms with Crippen molar-refractivity contribution in [1.29, 1.82) is 0 Å². The number of aryl methyl sites for hydroxylation is 1. The molecule has 0 saturated carbocycles. The molecule has 1 amide bonds. The number of pyridine rings is 1. The Kier molecular flexibility index (Phi) is 7.43. The number of benzene rings is 1. The van der Waals surface area contributed by atoms with Crippen molar-refractivity contribution in [3.8, 4) is 11.5 Å². The van der Waals surface area contributed by atoms with Crippen molar-refractivity contribution >= 4 is 29.0 Å². The minimum Gasteiger partial charge on any atom is -0.431 e. The molecule has 30 heavy (non-hydrogen) atoms. The number of oxazole rings is 1. The van der Waals surface area contributed by atoms with Gasteiger partial charge in [-0.1, -0.05) is 37.1 Å². The van der Waals surface area contributed by atoms with Crippen molar-refractivity contribution < 1.29 is 13.9 Å². The van der Waals surface area contributed by atoms with Crippen LogP contribution in [0.5, 0.6) is 0 Å². The number of likely N-dealkylation sites (N-methyl/N-ethyl adjacent to an activating group) is 1. The molecule has 0 spiro atoms. The zero-order valence-electron chi connectivity index (χ0n) is 17.3. The van der Waals surface area contributed by atoms with Crippen LogP contribution in [0, 0.1) is 0 Å². The minimum atomic E-state index is -0.369. The van der Waals surface area contributed by atoms with Gasteiger partial charge in [0.1, 0.15) is 5.82 Å². The highest BCUT2D eigenvalue weighted by Crippen LogP contribution is 2.29. The molecule has 0 radical (unpaired) electrons. The lowest BCUT2D eigenvalue weighted by atomic mass is 10.2. The molecule has 0 fully saturated rings. The maximum atomic E-state index is 12.9. The summed E-state index contributed by atoms with van der Waals surface area (Å²) in [5, 5.41) is 3.35. The number of hydrogen-bond acceptors (Lipinski definition) is 6. The summed E-state index contributed by atoms with van der Waals surface area (Å²) in [7, 11) is 3.59. The Balaban J connectivity index is 1.78. The Morgan fingerprint density at radius 1 is 1.27 bits per heavy atom. The molecule has 2 heterocycles. The van der Waals surface area contributed by atoms with E-state index in [0.717, 1.165) is 18.8 Å². The Morgan fingerprint density at radius 3 is 2.73 bits per heavy atom. The summed E-state index contributed by atoms with van der Waals surface area (Å²) in [5.74, 6) is 0.944. The second-order valence-electron chi connectivity index (χ2n) is 6.80. The number of nitrogens with one attached hydrogen (secondary N) is 1. The number of rotatable bonds is 9. The number of nitrogens with zero attached hydrogens (tertiary/aromatic N) is 3. The molecule has 0 aliphatic carbocycles. The standard InChI is InChI=1S/C22H25ClN4O3/c1-4-7-18-20(30-22(26-18)16-8-5-6-9-17(16)23)21(28)25-15-10-11-19(24-14-15)27(2)12-13-29-3/h5-6,8-11,14H,4,7,12-13H2,1-3H3,(H,25,28). The maximum absolute atomic E-state index is 12.9. The van der Waals surface area contributed by atoms with E-state index in [2.05, 4.69) is 15.3 Å². The molecule has 0 aliphatic heterocycles. The van der Waals surface area contributed by atoms with Gasteiger partial charge in [0.15, 0.2) is 0 Å². The van der Waals surface area contributed by atoms with Crippen molar-refractivity contribution in [3.05, 3.63) is 59.1 Å². The van der Waals surface area contributed by atoms with Crippen LogP contribution in [0.25, 0.3) is 11.5 Å². The molecule has 0 bridgehead atoms. The quantitative estimate of drug-likeness (QED) is 0.533. The van der Waals surface area contributed by atoms with Crippen LogP contribution in [0.3, 0.4) is 0 Å². The molecule has 0 atom stereocenters. The van der Waals surface area contributed by atoms with Gasteiger partial charge >= 0.3 is 0 Å². The first-order valence-corrected chi connectivity index (χ1v) is 10.1. The van der Waals surface area contributed by atoms with Crippen molar-refractivity contribution in [3.63, 3.8) is 0 Å². The average molecular weight is 429 g/mol. The molecule has 1 N–H and O–H groups in total. The maximum Gasteiger partial charge on any atom is 0.293 e. The highest BCUT2D eigenvalue weighted by atomic mass is 35.5. The summed E-state index contributed by atoms with van der Waals surface area (Å²) in [5.41, 5.74) is 1.83. The number of amides is 1. The normalized spacial score (nSPS) is 10.8. The molecular weight excluding hydrogens is 404 g/mol. The number of ether oxygens (including phenoxy) is 1. The van der Waals surface area contributed by atoms with Crippen LogP contribution in [0.4, 0.5) is 11.5 Å². The van der Waals surface area contributed by atoms with E-state index in [4.69, 9.17) is 20.8 Å². The predicted molar refractivity (Wildman–Crippen MR) is 118 cm³/mol. The van der Waals surface area contributed by atoms with Gasteiger partial charge in [0, 0.05) is 20.7 Å². The summed E-state index contributed by atoms with van der Waals surface area (Å²) in [6, 6.07) is 10.9. The Bertz CT molecular complexity index is 988. The van der Waals surface area contributed by atoms with E-state index in [0.29, 0.717) is 40.9 Å². The summed E-state index contributed by atoms with van der Waals surface area (Å²) in [6.45, 7) is 3.35. The smallest absolute Gasteiger partial charge is 0.293 e. The van der Waals surface area contributed by atoms with Crippen molar-refractivity contribution in [2.45, 2.75) is 19.8 Å². The average Bonchev–Trinajstić information content (AvgIpc) is 3.17. The lowest BCUT2D eigenvalue weighted by Gasteiger charge is -2.17. The molecular formula is C22H25ClN4O3. The third-order valence-electron chi connectivity index (χ3n) is 4.52. The van der Waals surface area contributed by atoms with E-state index < -0.39 is 0 Å². The number of hydrogen-bond donors (Lipinski definition) is 1. The predicted octanol–water partition coefficient (Wildman–Crippen LogP) is 4.68. The van der Waals surface area contributed by atoms with E-state index >= 15 is 0 Å². The molecule has 158 valence electrons. The topological polar surface area (TPSA) is 80.5 Å². The zero-order valence-corrected chi connectivity index (χ0v) is 18.1. The fourth-order valence-corrected chi connectivity index (χ4v) is 3.12. The molecule has 7 nitrogen and oxygen atoms in total. The highest BCUT2D eigenvalue weighted by molar-refractivity contribution is 6.33. The van der Waals surface area contributed by atoms with Gasteiger partial charge in [-0.15, -0.1) is 0 Å². The SMILES string of the molecule is CCCc1nc(-c2ccccc2Cl)oc1C(=O)Nc1ccc(N(C)CCOC)nc1. The summed E-state index contributed by atoms with van der Waals surface area (Å²) in [6.07, 6.45) is 3.07. The molecule has 8 heteroatoms. The summed E-state index contributed by atoms with van der Waals surface area (Å²) < 4.78 is 10.9.